The van der Waals surface area contributed by atoms with E-state index in [1.807, 2.05) is 26.1 Å². The molecule has 1 fully saturated rings. The van der Waals surface area contributed by atoms with Crippen LogP contribution in [0.25, 0.3) is 12.2 Å². The highest BCUT2D eigenvalue weighted by Crippen LogP contribution is 2.21. The SMILES string of the molecule is C=Cc1cc(F)c(N)c(C(=N)/C=C/c2ccc(CC)nc2)c1.CNC1CC1. The molecule has 0 bridgehead atoms. The van der Waals surface area contributed by atoms with E-state index in [0.29, 0.717) is 11.1 Å². The number of nitrogens with one attached hydrogen (secondary N) is 2. The maximum Gasteiger partial charge on any atom is 0.147 e. The van der Waals surface area contributed by atoms with E-state index in [4.69, 9.17) is 11.1 Å². The molecule has 27 heavy (non-hydrogen) atoms. The van der Waals surface area contributed by atoms with Crippen LogP contribution in [0.4, 0.5) is 10.1 Å². The number of rotatable bonds is 6. The average molecular weight is 366 g/mol. The second-order valence-corrected chi connectivity index (χ2v) is 6.41. The van der Waals surface area contributed by atoms with Gasteiger partial charge < -0.3 is 16.5 Å². The van der Waals surface area contributed by atoms with Crippen molar-refractivity contribution in [3.63, 3.8) is 0 Å². The average Bonchev–Trinajstić information content (AvgIpc) is 3.53. The minimum absolute atomic E-state index is 0.0281. The van der Waals surface area contributed by atoms with Crippen LogP contribution in [0.3, 0.4) is 0 Å². The first kappa shape index (κ1) is 20.5. The number of nitrogens with two attached hydrogens (primary N) is 1. The molecule has 1 aliphatic rings. The van der Waals surface area contributed by atoms with Crippen molar-refractivity contribution >= 4 is 23.6 Å². The fraction of sp³-hybridized carbons (Fsp3) is 0.273. The molecule has 0 spiro atoms. The maximum atomic E-state index is 13.7. The maximum absolute atomic E-state index is 13.7. The number of pyridine rings is 1. The van der Waals surface area contributed by atoms with Crippen molar-refractivity contribution < 1.29 is 4.39 Å². The predicted octanol–water partition coefficient (Wildman–Crippen LogP) is 4.46. The second kappa shape index (κ2) is 9.78. The van der Waals surface area contributed by atoms with Crippen LogP contribution in [-0.2, 0) is 6.42 Å². The molecule has 0 amide bonds. The molecule has 1 aromatic heterocycles. The summed E-state index contributed by atoms with van der Waals surface area (Å²) in [5.41, 5.74) is 8.66. The lowest BCUT2D eigenvalue weighted by molar-refractivity contribution is 0.632. The van der Waals surface area contributed by atoms with Gasteiger partial charge in [-0.3, -0.25) is 4.98 Å². The van der Waals surface area contributed by atoms with Gasteiger partial charge in [0.05, 0.1) is 11.4 Å². The highest BCUT2D eigenvalue weighted by Gasteiger charge is 2.17. The quantitative estimate of drug-likeness (QED) is 0.522. The molecule has 1 heterocycles. The fourth-order valence-electron chi connectivity index (χ4n) is 2.36. The zero-order chi connectivity index (χ0) is 19.8. The van der Waals surface area contributed by atoms with E-state index in [0.717, 1.165) is 23.7 Å². The topological polar surface area (TPSA) is 74.8 Å². The minimum atomic E-state index is -0.542. The van der Waals surface area contributed by atoms with Gasteiger partial charge in [-0.15, -0.1) is 0 Å². The molecule has 1 aliphatic carbocycles. The van der Waals surface area contributed by atoms with E-state index in [1.54, 1.807) is 24.4 Å². The summed E-state index contributed by atoms with van der Waals surface area (Å²) >= 11 is 0. The first-order valence-electron chi connectivity index (χ1n) is 9.09. The first-order chi connectivity index (χ1) is 13.0. The van der Waals surface area contributed by atoms with Crippen molar-refractivity contribution in [2.24, 2.45) is 0 Å². The molecule has 0 aliphatic heterocycles. The Hall–Kier alpha value is -2.79. The number of nitrogens with zero attached hydrogens (tertiary/aromatic N) is 1. The zero-order valence-corrected chi connectivity index (χ0v) is 15.9. The molecule has 4 N–H and O–H groups in total. The summed E-state index contributed by atoms with van der Waals surface area (Å²) < 4.78 is 13.7. The zero-order valence-electron chi connectivity index (χ0n) is 15.9. The third-order valence-corrected chi connectivity index (χ3v) is 4.32. The summed E-state index contributed by atoms with van der Waals surface area (Å²) in [6, 6.07) is 7.71. The molecule has 0 atom stereocenters. The standard InChI is InChI=1S/C18H18FN3.C4H9N/c1-3-12-9-15(18(21)16(19)10-12)17(20)8-6-13-5-7-14(4-2)22-11-13;1-5-4-2-3-4/h3,5-11,20H,1,4,21H2,2H3;4-5H,2-3H2,1H3/b8-6+,20-17?;. The Morgan fingerprint density at radius 2 is 2.11 bits per heavy atom. The van der Waals surface area contributed by atoms with E-state index >= 15 is 0 Å². The fourth-order valence-corrected chi connectivity index (χ4v) is 2.36. The molecule has 0 radical (unpaired) electrons. The molecule has 0 saturated heterocycles. The number of aromatic nitrogens is 1. The van der Waals surface area contributed by atoms with Gasteiger partial charge in [0.25, 0.3) is 0 Å². The van der Waals surface area contributed by atoms with Crippen molar-refractivity contribution in [1.29, 1.82) is 5.41 Å². The Bertz CT molecular complexity index is 821. The Morgan fingerprint density at radius 3 is 2.59 bits per heavy atom. The van der Waals surface area contributed by atoms with E-state index < -0.39 is 5.82 Å². The lowest BCUT2D eigenvalue weighted by atomic mass is 10.0. The van der Waals surface area contributed by atoms with Crippen LogP contribution in [-0.4, -0.2) is 23.8 Å². The number of hydrogen-bond donors (Lipinski definition) is 3. The molecule has 1 saturated carbocycles. The number of nitrogen functional groups attached to an aromatic ring is 1. The molecule has 1 aromatic carbocycles. The van der Waals surface area contributed by atoms with E-state index in [2.05, 4.69) is 16.9 Å². The number of aryl methyl sites for hydroxylation is 1. The van der Waals surface area contributed by atoms with Gasteiger partial charge in [-0.05, 0) is 61.7 Å². The highest BCUT2D eigenvalue weighted by atomic mass is 19.1. The number of benzene rings is 1. The summed E-state index contributed by atoms with van der Waals surface area (Å²) in [4.78, 5) is 4.29. The number of anilines is 1. The summed E-state index contributed by atoms with van der Waals surface area (Å²) in [6.45, 7) is 5.65. The normalized spacial score (nSPS) is 13.1. The molecule has 2 aromatic rings. The van der Waals surface area contributed by atoms with Crippen LogP contribution in [0.15, 0.2) is 43.1 Å². The monoisotopic (exact) mass is 366 g/mol. The van der Waals surface area contributed by atoms with Crippen LogP contribution in [0.5, 0.6) is 0 Å². The van der Waals surface area contributed by atoms with E-state index in [1.165, 1.54) is 25.0 Å². The Kier molecular flexibility index (Phi) is 7.44. The number of hydrogen-bond acceptors (Lipinski definition) is 4. The van der Waals surface area contributed by atoms with Gasteiger partial charge in [-0.2, -0.15) is 0 Å². The minimum Gasteiger partial charge on any atom is -0.396 e. The van der Waals surface area contributed by atoms with Crippen LogP contribution in [0.1, 0.15) is 42.1 Å². The Morgan fingerprint density at radius 1 is 1.37 bits per heavy atom. The molecule has 0 unspecified atom stereocenters. The van der Waals surface area contributed by atoms with Crippen LogP contribution in [0.2, 0.25) is 0 Å². The summed E-state index contributed by atoms with van der Waals surface area (Å²) in [7, 11) is 2.01. The van der Waals surface area contributed by atoms with Gasteiger partial charge in [-0.1, -0.05) is 31.7 Å². The van der Waals surface area contributed by atoms with Gasteiger partial charge in [0.1, 0.15) is 5.82 Å². The second-order valence-electron chi connectivity index (χ2n) is 6.41. The van der Waals surface area contributed by atoms with Crippen LogP contribution >= 0.6 is 0 Å². The molecule has 142 valence electrons. The van der Waals surface area contributed by atoms with Crippen molar-refractivity contribution in [3.8, 4) is 0 Å². The number of halogens is 1. The van der Waals surface area contributed by atoms with Crippen molar-refractivity contribution in [3.05, 3.63) is 71.3 Å². The van der Waals surface area contributed by atoms with E-state index in [-0.39, 0.29) is 11.4 Å². The smallest absolute Gasteiger partial charge is 0.147 e. The molecular formula is C22H27FN4. The van der Waals surface area contributed by atoms with Gasteiger partial charge in [-0.25, -0.2) is 4.39 Å². The van der Waals surface area contributed by atoms with Crippen molar-refractivity contribution in [2.45, 2.75) is 32.2 Å². The lowest BCUT2D eigenvalue weighted by Gasteiger charge is -2.07. The third kappa shape index (κ3) is 6.15. The Labute approximate surface area is 160 Å². The molecule has 5 heteroatoms. The molecule has 3 rings (SSSR count). The van der Waals surface area contributed by atoms with Crippen molar-refractivity contribution in [1.82, 2.24) is 10.3 Å². The highest BCUT2D eigenvalue weighted by molar-refractivity contribution is 6.12. The predicted molar refractivity (Wildman–Crippen MR) is 112 cm³/mol. The van der Waals surface area contributed by atoms with Gasteiger partial charge in [0.15, 0.2) is 0 Å². The summed E-state index contributed by atoms with van der Waals surface area (Å²) in [5, 5.41) is 11.2. The third-order valence-electron chi connectivity index (χ3n) is 4.32. The van der Waals surface area contributed by atoms with Gasteiger partial charge in [0.2, 0.25) is 0 Å². The Balaban J connectivity index is 0.000000451. The van der Waals surface area contributed by atoms with E-state index in [9.17, 15) is 4.39 Å². The molecular weight excluding hydrogens is 339 g/mol. The summed E-state index contributed by atoms with van der Waals surface area (Å²) in [6.07, 6.45) is 10.3. The van der Waals surface area contributed by atoms with Gasteiger partial charge in [0, 0.05) is 23.5 Å². The summed E-state index contributed by atoms with van der Waals surface area (Å²) in [5.74, 6) is -0.542. The largest absolute Gasteiger partial charge is 0.396 e. The van der Waals surface area contributed by atoms with Crippen molar-refractivity contribution in [2.75, 3.05) is 12.8 Å². The van der Waals surface area contributed by atoms with Crippen LogP contribution < -0.4 is 11.1 Å². The number of allylic oxidation sites excluding steroid dienone is 1. The van der Waals surface area contributed by atoms with Crippen LogP contribution in [0, 0.1) is 11.2 Å². The lowest BCUT2D eigenvalue weighted by Crippen LogP contribution is -2.06. The van der Waals surface area contributed by atoms with Gasteiger partial charge >= 0.3 is 0 Å². The first-order valence-corrected chi connectivity index (χ1v) is 9.09. The molecule has 4 nitrogen and oxygen atoms in total.